The molecule has 7 heteroatoms. The molecule has 0 saturated carbocycles. The number of thioether (sulfide) groups is 1. The largest absolute Gasteiger partial charge is 0.337 e. The molecule has 1 aromatic carbocycles. The minimum atomic E-state index is -0.350. The lowest BCUT2D eigenvalue weighted by Crippen LogP contribution is -2.43. The van der Waals surface area contributed by atoms with Crippen molar-refractivity contribution in [2.24, 2.45) is 5.73 Å². The molecule has 0 aliphatic carbocycles. The van der Waals surface area contributed by atoms with E-state index in [0.717, 1.165) is 19.4 Å². The van der Waals surface area contributed by atoms with Crippen molar-refractivity contribution in [3.8, 4) is 0 Å². The summed E-state index contributed by atoms with van der Waals surface area (Å²) in [6, 6.07) is 5.70. The van der Waals surface area contributed by atoms with Crippen LogP contribution in [-0.2, 0) is 9.59 Å². The average molecular weight is 339 g/mol. The third-order valence-corrected chi connectivity index (χ3v) is 5.00. The number of hydrogen-bond donors (Lipinski definition) is 2. The van der Waals surface area contributed by atoms with Crippen LogP contribution in [0.5, 0.6) is 0 Å². The number of benzene rings is 1. The standard InChI is InChI=1S/C16H22FN3O2S/c1-11(16(22)20-8-2-3-14(20)9-18)23-10-15(21)19-13-6-4-12(17)5-7-13/h4-7,11,14H,2-3,8-10,18H2,1H3,(H,19,21). The number of halogens is 1. The number of hydrogen-bond acceptors (Lipinski definition) is 4. The molecule has 5 nitrogen and oxygen atoms in total. The second kappa shape index (κ2) is 8.31. The predicted octanol–water partition coefficient (Wildman–Crippen LogP) is 1.84. The quantitative estimate of drug-likeness (QED) is 0.829. The number of nitrogens with one attached hydrogen (secondary N) is 1. The lowest BCUT2D eigenvalue weighted by atomic mass is 10.2. The summed E-state index contributed by atoms with van der Waals surface area (Å²) >= 11 is 1.30. The van der Waals surface area contributed by atoms with Crippen molar-refractivity contribution in [3.05, 3.63) is 30.1 Å². The first-order valence-corrected chi connectivity index (χ1v) is 8.73. The summed E-state index contributed by atoms with van der Waals surface area (Å²) in [5, 5.41) is 2.39. The number of likely N-dealkylation sites (tertiary alicyclic amines) is 1. The van der Waals surface area contributed by atoms with Gasteiger partial charge in [0.25, 0.3) is 0 Å². The molecule has 0 radical (unpaired) electrons. The van der Waals surface area contributed by atoms with E-state index in [0.29, 0.717) is 12.2 Å². The summed E-state index contributed by atoms with van der Waals surface area (Å²) in [6.07, 6.45) is 1.93. The Labute approximate surface area is 139 Å². The van der Waals surface area contributed by atoms with E-state index in [1.807, 2.05) is 11.8 Å². The van der Waals surface area contributed by atoms with Crippen LogP contribution in [0, 0.1) is 5.82 Å². The maximum atomic E-state index is 12.8. The first-order chi connectivity index (χ1) is 11.0. The monoisotopic (exact) mass is 339 g/mol. The Kier molecular flexibility index (Phi) is 6.41. The Morgan fingerprint density at radius 1 is 1.43 bits per heavy atom. The Morgan fingerprint density at radius 3 is 2.78 bits per heavy atom. The van der Waals surface area contributed by atoms with Crippen LogP contribution in [0.15, 0.2) is 24.3 Å². The van der Waals surface area contributed by atoms with Gasteiger partial charge in [0.15, 0.2) is 0 Å². The van der Waals surface area contributed by atoms with E-state index in [4.69, 9.17) is 5.73 Å². The van der Waals surface area contributed by atoms with E-state index < -0.39 is 0 Å². The molecule has 1 aliphatic heterocycles. The van der Waals surface area contributed by atoms with Gasteiger partial charge in [-0.25, -0.2) is 4.39 Å². The number of nitrogens with zero attached hydrogens (tertiary/aromatic N) is 1. The Hall–Kier alpha value is -1.60. The molecule has 0 bridgehead atoms. The first kappa shape index (κ1) is 17.7. The molecule has 0 spiro atoms. The predicted molar refractivity (Wildman–Crippen MR) is 90.7 cm³/mol. The van der Waals surface area contributed by atoms with E-state index >= 15 is 0 Å². The van der Waals surface area contributed by atoms with Crippen LogP contribution in [0.25, 0.3) is 0 Å². The number of nitrogens with two attached hydrogens (primary N) is 1. The molecule has 1 aliphatic rings. The van der Waals surface area contributed by atoms with Gasteiger partial charge in [-0.2, -0.15) is 0 Å². The van der Waals surface area contributed by atoms with Gasteiger partial charge in [-0.05, 0) is 44.0 Å². The average Bonchev–Trinajstić information content (AvgIpc) is 3.02. The number of carbonyl (C=O) groups is 2. The third kappa shape index (κ3) is 4.94. The number of carbonyl (C=O) groups excluding carboxylic acids is 2. The van der Waals surface area contributed by atoms with Gasteiger partial charge in [0.2, 0.25) is 11.8 Å². The highest BCUT2D eigenvalue weighted by Crippen LogP contribution is 2.21. The van der Waals surface area contributed by atoms with Gasteiger partial charge in [-0.1, -0.05) is 0 Å². The minimum Gasteiger partial charge on any atom is -0.337 e. The van der Waals surface area contributed by atoms with Crippen molar-refractivity contribution < 1.29 is 14.0 Å². The molecule has 2 amide bonds. The summed E-state index contributed by atoms with van der Waals surface area (Å²) in [5.74, 6) is -0.349. The second-order valence-corrected chi connectivity index (χ2v) is 6.90. The summed E-state index contributed by atoms with van der Waals surface area (Å²) in [6.45, 7) is 3.03. The fraction of sp³-hybridized carbons (Fsp3) is 0.500. The topological polar surface area (TPSA) is 75.4 Å². The molecule has 1 heterocycles. The summed E-state index contributed by atoms with van der Waals surface area (Å²) in [7, 11) is 0. The molecule has 126 valence electrons. The SMILES string of the molecule is CC(SCC(=O)Nc1ccc(F)cc1)C(=O)N1CCCC1CN. The van der Waals surface area contributed by atoms with Crippen molar-refractivity contribution in [1.82, 2.24) is 4.90 Å². The highest BCUT2D eigenvalue weighted by molar-refractivity contribution is 8.01. The molecule has 1 saturated heterocycles. The maximum Gasteiger partial charge on any atom is 0.235 e. The van der Waals surface area contributed by atoms with Crippen LogP contribution in [0.2, 0.25) is 0 Å². The van der Waals surface area contributed by atoms with Crippen LogP contribution in [0.4, 0.5) is 10.1 Å². The van der Waals surface area contributed by atoms with Gasteiger partial charge in [0.1, 0.15) is 5.82 Å². The Bertz CT molecular complexity index is 553. The van der Waals surface area contributed by atoms with E-state index in [1.54, 1.807) is 0 Å². The molecule has 2 atom stereocenters. The van der Waals surface area contributed by atoms with Gasteiger partial charge in [-0.3, -0.25) is 9.59 Å². The highest BCUT2D eigenvalue weighted by Gasteiger charge is 2.30. The van der Waals surface area contributed by atoms with Gasteiger partial charge < -0.3 is 16.0 Å². The van der Waals surface area contributed by atoms with Gasteiger partial charge >= 0.3 is 0 Å². The summed E-state index contributed by atoms with van der Waals surface area (Å²) < 4.78 is 12.8. The van der Waals surface area contributed by atoms with E-state index in [1.165, 1.54) is 36.0 Å². The van der Waals surface area contributed by atoms with Gasteiger partial charge in [0, 0.05) is 24.8 Å². The zero-order valence-corrected chi connectivity index (χ0v) is 13.9. The van der Waals surface area contributed by atoms with Crippen molar-refractivity contribution in [2.45, 2.75) is 31.1 Å². The molecule has 1 aromatic rings. The van der Waals surface area contributed by atoms with Crippen LogP contribution >= 0.6 is 11.8 Å². The zero-order chi connectivity index (χ0) is 16.8. The maximum absolute atomic E-state index is 12.8. The third-order valence-electron chi connectivity index (χ3n) is 3.87. The molecule has 3 N–H and O–H groups in total. The fourth-order valence-corrected chi connectivity index (χ4v) is 3.36. The zero-order valence-electron chi connectivity index (χ0n) is 13.1. The number of anilines is 1. The van der Waals surface area contributed by atoms with Crippen molar-refractivity contribution in [2.75, 3.05) is 24.2 Å². The molecule has 1 fully saturated rings. The van der Waals surface area contributed by atoms with Crippen molar-refractivity contribution >= 4 is 29.3 Å². The van der Waals surface area contributed by atoms with Gasteiger partial charge in [-0.15, -0.1) is 11.8 Å². The minimum absolute atomic E-state index is 0.0394. The highest BCUT2D eigenvalue weighted by atomic mass is 32.2. The molecular formula is C16H22FN3O2S. The van der Waals surface area contributed by atoms with Crippen LogP contribution in [0.3, 0.4) is 0 Å². The lowest BCUT2D eigenvalue weighted by molar-refractivity contribution is -0.130. The lowest BCUT2D eigenvalue weighted by Gasteiger charge is -2.26. The van der Waals surface area contributed by atoms with Crippen molar-refractivity contribution in [3.63, 3.8) is 0 Å². The molecule has 2 rings (SSSR count). The Balaban J connectivity index is 1.79. The first-order valence-electron chi connectivity index (χ1n) is 7.69. The number of amides is 2. The van der Waals surface area contributed by atoms with Crippen molar-refractivity contribution in [1.29, 1.82) is 0 Å². The van der Waals surface area contributed by atoms with Gasteiger partial charge in [0.05, 0.1) is 11.0 Å². The molecule has 0 aromatic heterocycles. The Morgan fingerprint density at radius 2 is 2.13 bits per heavy atom. The summed E-state index contributed by atoms with van der Waals surface area (Å²) in [5.41, 5.74) is 6.23. The van der Waals surface area contributed by atoms with E-state index in [9.17, 15) is 14.0 Å². The number of rotatable bonds is 6. The summed E-state index contributed by atoms with van der Waals surface area (Å²) in [4.78, 5) is 26.1. The normalized spacial score (nSPS) is 18.7. The van der Waals surface area contributed by atoms with E-state index in [2.05, 4.69) is 5.32 Å². The molecular weight excluding hydrogens is 317 g/mol. The van der Waals surface area contributed by atoms with Crippen LogP contribution in [-0.4, -0.2) is 46.8 Å². The fourth-order valence-electron chi connectivity index (χ4n) is 2.61. The molecule has 23 heavy (non-hydrogen) atoms. The van der Waals surface area contributed by atoms with E-state index in [-0.39, 0.29) is 34.7 Å². The van der Waals surface area contributed by atoms with Crippen LogP contribution in [0.1, 0.15) is 19.8 Å². The smallest absolute Gasteiger partial charge is 0.235 e. The second-order valence-electron chi connectivity index (χ2n) is 5.57. The molecule has 2 unspecified atom stereocenters. The van der Waals surface area contributed by atoms with Crippen LogP contribution < -0.4 is 11.1 Å².